The van der Waals surface area contributed by atoms with E-state index >= 15 is 0 Å². The molecule has 0 aliphatic carbocycles. The molecule has 0 spiro atoms. The molecule has 3 N–H and O–H groups in total. The van der Waals surface area contributed by atoms with E-state index in [4.69, 9.17) is 4.98 Å². The van der Waals surface area contributed by atoms with Gasteiger partial charge in [-0.05, 0) is 36.2 Å². The highest BCUT2D eigenvalue weighted by Crippen LogP contribution is 2.42. The smallest absolute Gasteiger partial charge is 0.223 e. The summed E-state index contributed by atoms with van der Waals surface area (Å²) in [7, 11) is 0. The number of pyridine rings is 2. The van der Waals surface area contributed by atoms with Crippen molar-refractivity contribution in [1.82, 2.24) is 19.9 Å². The van der Waals surface area contributed by atoms with Gasteiger partial charge in [0, 0.05) is 59.6 Å². The number of para-hydroxylation sites is 1. The van der Waals surface area contributed by atoms with Gasteiger partial charge in [-0.1, -0.05) is 18.2 Å². The summed E-state index contributed by atoms with van der Waals surface area (Å²) in [4.78, 5) is 18.4. The van der Waals surface area contributed by atoms with Crippen LogP contribution in [-0.2, 0) is 13.0 Å². The third-order valence-corrected chi connectivity index (χ3v) is 5.58. The van der Waals surface area contributed by atoms with E-state index in [1.165, 1.54) is 11.1 Å². The van der Waals surface area contributed by atoms with Crippen molar-refractivity contribution in [2.24, 2.45) is 0 Å². The summed E-state index contributed by atoms with van der Waals surface area (Å²) in [5, 5.41) is 10.2. The first-order valence-corrected chi connectivity index (χ1v) is 10.0. The van der Waals surface area contributed by atoms with Crippen LogP contribution in [0.25, 0.3) is 22.4 Å². The van der Waals surface area contributed by atoms with Crippen LogP contribution in [0.5, 0.6) is 0 Å². The van der Waals surface area contributed by atoms with E-state index in [-0.39, 0.29) is 0 Å². The first kappa shape index (κ1) is 16.9. The molecule has 0 saturated heterocycles. The lowest BCUT2D eigenvalue weighted by Crippen LogP contribution is -2.07. The van der Waals surface area contributed by atoms with Crippen molar-refractivity contribution >= 4 is 23.3 Å². The van der Waals surface area contributed by atoms with Crippen LogP contribution in [0.1, 0.15) is 11.1 Å². The summed E-state index contributed by atoms with van der Waals surface area (Å²) in [5.74, 6) is 2.38. The van der Waals surface area contributed by atoms with E-state index in [1.54, 1.807) is 6.20 Å². The zero-order chi connectivity index (χ0) is 19.9. The lowest BCUT2D eigenvalue weighted by atomic mass is 10.0. The normalized spacial score (nSPS) is 13.1. The van der Waals surface area contributed by atoms with Gasteiger partial charge >= 0.3 is 0 Å². The second-order valence-electron chi connectivity index (χ2n) is 7.35. The fraction of sp³-hybridized carbons (Fsp3) is 0.130. The van der Waals surface area contributed by atoms with Gasteiger partial charge in [0.2, 0.25) is 5.95 Å². The van der Waals surface area contributed by atoms with E-state index in [2.05, 4.69) is 43.0 Å². The molecule has 7 heteroatoms. The minimum absolute atomic E-state index is 0.597. The molecule has 0 radical (unpaired) electrons. The van der Waals surface area contributed by atoms with E-state index < -0.39 is 0 Å². The zero-order valence-electron chi connectivity index (χ0n) is 16.2. The van der Waals surface area contributed by atoms with Crippen molar-refractivity contribution in [1.29, 1.82) is 0 Å². The van der Waals surface area contributed by atoms with Gasteiger partial charge in [0.25, 0.3) is 0 Å². The van der Waals surface area contributed by atoms with Crippen LogP contribution in [0.15, 0.2) is 61.1 Å². The maximum Gasteiger partial charge on any atom is 0.223 e. The molecule has 5 heterocycles. The molecule has 1 aromatic carbocycles. The van der Waals surface area contributed by atoms with Crippen molar-refractivity contribution in [2.75, 3.05) is 22.5 Å². The predicted octanol–water partition coefficient (Wildman–Crippen LogP) is 4.24. The van der Waals surface area contributed by atoms with Crippen LogP contribution in [0, 0.1) is 0 Å². The Balaban J connectivity index is 1.40. The van der Waals surface area contributed by atoms with Crippen LogP contribution in [0.4, 0.5) is 23.3 Å². The Morgan fingerprint density at radius 2 is 1.77 bits per heavy atom. The Morgan fingerprint density at radius 1 is 0.867 bits per heavy atom. The van der Waals surface area contributed by atoms with Crippen LogP contribution >= 0.6 is 0 Å². The SMILES string of the molecule is c1ccc2c(c1)Nc1ncccc1-c1nc(NCc3ccnc4c3CCN4)ncc1-2. The fourth-order valence-corrected chi connectivity index (χ4v) is 4.13. The Hall–Kier alpha value is -4.00. The summed E-state index contributed by atoms with van der Waals surface area (Å²) in [6, 6.07) is 14.2. The first-order chi connectivity index (χ1) is 14.9. The molecule has 0 unspecified atom stereocenters. The third kappa shape index (κ3) is 2.75. The number of aromatic nitrogens is 4. The van der Waals surface area contributed by atoms with Crippen molar-refractivity contribution in [2.45, 2.75) is 13.0 Å². The standard InChI is InChI=1S/C23H19N7/c1-2-6-19-16(4-1)18-13-28-23(30-20(18)17-5-3-9-24-22(17)29-19)27-12-14-7-10-25-21-15(14)8-11-26-21/h1-7,9-10,13H,8,11-12H2,(H,24,29)(H,25,26)(H,27,28,30). The summed E-state index contributed by atoms with van der Waals surface area (Å²) < 4.78 is 0. The van der Waals surface area contributed by atoms with Gasteiger partial charge in [0.15, 0.2) is 0 Å². The lowest BCUT2D eigenvalue weighted by Gasteiger charge is -2.12. The van der Waals surface area contributed by atoms with Gasteiger partial charge in [-0.25, -0.2) is 19.9 Å². The molecular weight excluding hydrogens is 374 g/mol. The Bertz CT molecular complexity index is 1270. The number of hydrogen-bond acceptors (Lipinski definition) is 7. The molecule has 0 amide bonds. The number of nitrogens with zero attached hydrogens (tertiary/aromatic N) is 4. The largest absolute Gasteiger partial charge is 0.370 e. The topological polar surface area (TPSA) is 87.7 Å². The first-order valence-electron chi connectivity index (χ1n) is 10.0. The summed E-state index contributed by atoms with van der Waals surface area (Å²) in [6.45, 7) is 1.59. The second kappa shape index (κ2) is 6.81. The maximum absolute atomic E-state index is 4.89. The predicted molar refractivity (Wildman–Crippen MR) is 118 cm³/mol. The summed E-state index contributed by atoms with van der Waals surface area (Å²) >= 11 is 0. The molecule has 2 aliphatic rings. The zero-order valence-corrected chi connectivity index (χ0v) is 16.2. The average Bonchev–Trinajstić information content (AvgIpc) is 3.23. The maximum atomic E-state index is 4.89. The molecule has 7 nitrogen and oxygen atoms in total. The quantitative estimate of drug-likeness (QED) is 0.423. The van der Waals surface area contributed by atoms with Gasteiger partial charge in [-0.2, -0.15) is 0 Å². The van der Waals surface area contributed by atoms with Crippen molar-refractivity contribution < 1.29 is 0 Å². The van der Waals surface area contributed by atoms with Crippen LogP contribution in [0.2, 0.25) is 0 Å². The van der Waals surface area contributed by atoms with Gasteiger partial charge in [0.05, 0.1) is 5.69 Å². The summed E-state index contributed by atoms with van der Waals surface area (Å²) in [5.41, 5.74) is 7.38. The van der Waals surface area contributed by atoms with E-state index in [0.717, 1.165) is 52.7 Å². The second-order valence-corrected chi connectivity index (χ2v) is 7.35. The van der Waals surface area contributed by atoms with E-state index in [0.29, 0.717) is 12.5 Å². The number of nitrogens with one attached hydrogen (secondary N) is 3. The molecule has 2 aliphatic heterocycles. The molecule has 0 atom stereocenters. The third-order valence-electron chi connectivity index (χ3n) is 5.58. The van der Waals surface area contributed by atoms with Gasteiger partial charge in [0.1, 0.15) is 11.6 Å². The minimum atomic E-state index is 0.597. The van der Waals surface area contributed by atoms with Crippen LogP contribution in [-0.4, -0.2) is 26.5 Å². The highest BCUT2D eigenvalue weighted by atomic mass is 15.1. The van der Waals surface area contributed by atoms with E-state index in [9.17, 15) is 0 Å². The van der Waals surface area contributed by atoms with Crippen LogP contribution < -0.4 is 16.0 Å². The van der Waals surface area contributed by atoms with Crippen molar-refractivity contribution in [3.05, 3.63) is 72.2 Å². The number of hydrogen-bond donors (Lipinski definition) is 3. The van der Waals surface area contributed by atoms with E-state index in [1.807, 2.05) is 42.7 Å². The monoisotopic (exact) mass is 393 g/mol. The van der Waals surface area contributed by atoms with Crippen molar-refractivity contribution in [3.63, 3.8) is 0 Å². The average molecular weight is 393 g/mol. The molecule has 4 aromatic rings. The van der Waals surface area contributed by atoms with Gasteiger partial charge < -0.3 is 16.0 Å². The Morgan fingerprint density at radius 3 is 2.77 bits per heavy atom. The molecule has 30 heavy (non-hydrogen) atoms. The number of rotatable bonds is 3. The summed E-state index contributed by atoms with van der Waals surface area (Å²) in [6.07, 6.45) is 6.52. The Kier molecular flexibility index (Phi) is 3.84. The molecule has 0 bridgehead atoms. The molecule has 3 aromatic heterocycles. The number of benzene rings is 1. The number of fused-ring (bicyclic) bond motifs is 6. The highest BCUT2D eigenvalue weighted by molar-refractivity contribution is 5.95. The van der Waals surface area contributed by atoms with Crippen molar-refractivity contribution in [3.8, 4) is 22.4 Å². The Labute approximate surface area is 173 Å². The molecular formula is C23H19N7. The molecule has 146 valence electrons. The highest BCUT2D eigenvalue weighted by Gasteiger charge is 2.22. The number of anilines is 4. The van der Waals surface area contributed by atoms with Gasteiger partial charge in [-0.15, -0.1) is 0 Å². The fourth-order valence-electron chi connectivity index (χ4n) is 4.13. The lowest BCUT2D eigenvalue weighted by molar-refractivity contribution is 1.01. The minimum Gasteiger partial charge on any atom is -0.370 e. The molecule has 6 rings (SSSR count). The molecule has 0 fully saturated rings. The van der Waals surface area contributed by atoms with Gasteiger partial charge in [-0.3, -0.25) is 0 Å². The molecule has 0 saturated carbocycles. The van der Waals surface area contributed by atoms with Crippen LogP contribution in [0.3, 0.4) is 0 Å².